The Morgan fingerprint density at radius 3 is 2.29 bits per heavy atom. The smallest absolute Gasteiger partial charge is 0.0458 e. The molecule has 0 aliphatic carbocycles. The summed E-state index contributed by atoms with van der Waals surface area (Å²) in [6, 6.07) is 17.5. The second-order valence-corrected chi connectivity index (χ2v) is 7.79. The van der Waals surface area contributed by atoms with Gasteiger partial charge in [0.05, 0.1) is 0 Å². The molecular formula is C22H28N2. The summed E-state index contributed by atoms with van der Waals surface area (Å²) in [6.07, 6.45) is 0.976. The molecule has 0 fully saturated rings. The van der Waals surface area contributed by atoms with E-state index in [0.29, 0.717) is 12.5 Å². The molecule has 2 nitrogen and oxygen atoms in total. The van der Waals surface area contributed by atoms with Gasteiger partial charge in [0.2, 0.25) is 0 Å². The van der Waals surface area contributed by atoms with E-state index in [4.69, 9.17) is 5.73 Å². The Balaban J connectivity index is 1.90. The van der Waals surface area contributed by atoms with E-state index >= 15 is 0 Å². The molecule has 0 saturated heterocycles. The van der Waals surface area contributed by atoms with Crippen LogP contribution in [0.5, 0.6) is 0 Å². The fourth-order valence-electron chi connectivity index (χ4n) is 3.55. The summed E-state index contributed by atoms with van der Waals surface area (Å²) < 4.78 is 0. The lowest BCUT2D eigenvalue weighted by molar-refractivity contribution is 0.589. The summed E-state index contributed by atoms with van der Waals surface area (Å²) in [5.41, 5.74) is 12.9. The second-order valence-electron chi connectivity index (χ2n) is 7.79. The molecule has 0 aliphatic rings. The number of nitrogens with one attached hydrogen (secondary N) is 1. The average Bonchev–Trinajstić information content (AvgIpc) is 2.88. The van der Waals surface area contributed by atoms with Crippen molar-refractivity contribution in [1.82, 2.24) is 4.98 Å². The summed E-state index contributed by atoms with van der Waals surface area (Å²) in [5, 5.41) is 1.30. The van der Waals surface area contributed by atoms with Crippen molar-refractivity contribution in [1.29, 1.82) is 0 Å². The Morgan fingerprint density at radius 1 is 1.00 bits per heavy atom. The van der Waals surface area contributed by atoms with Gasteiger partial charge in [-0.2, -0.15) is 0 Å². The first-order valence-corrected chi connectivity index (χ1v) is 8.77. The number of aromatic amines is 1. The van der Waals surface area contributed by atoms with Crippen molar-refractivity contribution in [3.8, 4) is 0 Å². The van der Waals surface area contributed by atoms with Crippen molar-refractivity contribution >= 4 is 10.9 Å². The first-order chi connectivity index (χ1) is 11.4. The van der Waals surface area contributed by atoms with Crippen molar-refractivity contribution in [2.75, 3.05) is 6.54 Å². The fourth-order valence-corrected chi connectivity index (χ4v) is 3.55. The number of H-pyrrole nitrogens is 1. The number of benzene rings is 2. The van der Waals surface area contributed by atoms with Gasteiger partial charge in [0.1, 0.15) is 0 Å². The number of nitrogens with two attached hydrogens (primary N) is 1. The highest BCUT2D eigenvalue weighted by molar-refractivity contribution is 5.85. The first kappa shape index (κ1) is 16.8. The van der Waals surface area contributed by atoms with Crippen LogP contribution in [0.4, 0.5) is 0 Å². The molecule has 1 unspecified atom stereocenters. The molecule has 0 amide bonds. The van der Waals surface area contributed by atoms with E-state index in [9.17, 15) is 0 Å². The van der Waals surface area contributed by atoms with Crippen LogP contribution in [0.2, 0.25) is 0 Å². The lowest BCUT2D eigenvalue weighted by Crippen LogP contribution is -2.16. The van der Waals surface area contributed by atoms with Gasteiger partial charge in [-0.1, -0.05) is 63.2 Å². The zero-order valence-corrected chi connectivity index (χ0v) is 15.2. The maximum absolute atomic E-state index is 6.16. The molecule has 0 aliphatic heterocycles. The van der Waals surface area contributed by atoms with Gasteiger partial charge in [0.15, 0.2) is 0 Å². The summed E-state index contributed by atoms with van der Waals surface area (Å²) in [7, 11) is 0. The molecule has 126 valence electrons. The fraction of sp³-hybridized carbons (Fsp3) is 0.364. The molecule has 3 aromatic rings. The summed E-state index contributed by atoms with van der Waals surface area (Å²) in [4.78, 5) is 3.50. The van der Waals surface area contributed by atoms with Gasteiger partial charge in [-0.3, -0.25) is 0 Å². The van der Waals surface area contributed by atoms with Crippen LogP contribution in [0.15, 0.2) is 48.5 Å². The topological polar surface area (TPSA) is 41.8 Å². The number of aryl methyl sites for hydroxylation is 1. The normalized spacial score (nSPS) is 13.4. The molecule has 2 heteroatoms. The van der Waals surface area contributed by atoms with Gasteiger partial charge < -0.3 is 10.7 Å². The van der Waals surface area contributed by atoms with Crippen molar-refractivity contribution < 1.29 is 0 Å². The minimum absolute atomic E-state index is 0.194. The number of hydrogen-bond donors (Lipinski definition) is 2. The largest absolute Gasteiger partial charge is 0.358 e. The SMILES string of the molecule is Cc1[nH]c2ccccc2c1C(CN)Cc1ccc(C(C)(C)C)cc1. The van der Waals surface area contributed by atoms with Crippen molar-refractivity contribution in [2.45, 2.75) is 45.4 Å². The lowest BCUT2D eigenvalue weighted by Gasteiger charge is -2.20. The van der Waals surface area contributed by atoms with E-state index < -0.39 is 0 Å². The van der Waals surface area contributed by atoms with Crippen LogP contribution in [0.1, 0.15) is 49.1 Å². The van der Waals surface area contributed by atoms with Crippen molar-refractivity contribution in [3.05, 3.63) is 70.9 Å². The summed E-state index contributed by atoms with van der Waals surface area (Å²) in [5.74, 6) is 0.335. The number of hydrogen-bond acceptors (Lipinski definition) is 1. The third-order valence-corrected chi connectivity index (χ3v) is 4.94. The average molecular weight is 320 g/mol. The number of fused-ring (bicyclic) bond motifs is 1. The molecule has 1 aromatic heterocycles. The van der Waals surface area contributed by atoms with E-state index in [1.807, 2.05) is 0 Å². The van der Waals surface area contributed by atoms with Crippen LogP contribution >= 0.6 is 0 Å². The maximum Gasteiger partial charge on any atom is 0.0458 e. The Kier molecular flexibility index (Phi) is 4.51. The third kappa shape index (κ3) is 3.25. The zero-order valence-electron chi connectivity index (χ0n) is 15.2. The summed E-state index contributed by atoms with van der Waals surface area (Å²) >= 11 is 0. The zero-order chi connectivity index (χ0) is 17.3. The Labute approximate surface area is 145 Å². The minimum Gasteiger partial charge on any atom is -0.358 e. The van der Waals surface area contributed by atoms with E-state index in [0.717, 1.165) is 6.42 Å². The van der Waals surface area contributed by atoms with Crippen LogP contribution in [0.25, 0.3) is 10.9 Å². The van der Waals surface area contributed by atoms with E-state index in [-0.39, 0.29) is 5.41 Å². The van der Waals surface area contributed by atoms with Gasteiger partial charge in [0, 0.05) is 22.5 Å². The van der Waals surface area contributed by atoms with E-state index in [1.54, 1.807) is 0 Å². The quantitative estimate of drug-likeness (QED) is 0.693. The van der Waals surface area contributed by atoms with Gasteiger partial charge in [-0.25, -0.2) is 0 Å². The Morgan fingerprint density at radius 2 is 1.67 bits per heavy atom. The van der Waals surface area contributed by atoms with Crippen molar-refractivity contribution in [2.24, 2.45) is 5.73 Å². The highest BCUT2D eigenvalue weighted by Gasteiger charge is 2.19. The van der Waals surface area contributed by atoms with Gasteiger partial charge in [-0.15, -0.1) is 0 Å². The molecule has 0 bridgehead atoms. The van der Waals surface area contributed by atoms with Crippen LogP contribution < -0.4 is 5.73 Å². The highest BCUT2D eigenvalue weighted by Crippen LogP contribution is 2.31. The van der Waals surface area contributed by atoms with Crippen molar-refractivity contribution in [3.63, 3.8) is 0 Å². The van der Waals surface area contributed by atoms with Gasteiger partial charge in [0.25, 0.3) is 0 Å². The molecule has 1 heterocycles. The second kappa shape index (κ2) is 6.45. The predicted molar refractivity (Wildman–Crippen MR) is 104 cm³/mol. The van der Waals surface area contributed by atoms with Crippen LogP contribution in [-0.2, 0) is 11.8 Å². The van der Waals surface area contributed by atoms with Crippen LogP contribution in [0.3, 0.4) is 0 Å². The molecule has 1 atom stereocenters. The van der Waals surface area contributed by atoms with Gasteiger partial charge in [-0.05, 0) is 48.1 Å². The Hall–Kier alpha value is -2.06. The number of rotatable bonds is 4. The molecule has 24 heavy (non-hydrogen) atoms. The maximum atomic E-state index is 6.16. The molecular weight excluding hydrogens is 292 g/mol. The summed E-state index contributed by atoms with van der Waals surface area (Å²) in [6.45, 7) is 9.56. The third-order valence-electron chi connectivity index (χ3n) is 4.94. The number of para-hydroxylation sites is 1. The first-order valence-electron chi connectivity index (χ1n) is 8.77. The van der Waals surface area contributed by atoms with E-state index in [2.05, 4.69) is 81.2 Å². The minimum atomic E-state index is 0.194. The monoisotopic (exact) mass is 320 g/mol. The standard InChI is InChI=1S/C22H28N2/c1-15-21(19-7-5-6-8-20(19)24-15)17(14-23)13-16-9-11-18(12-10-16)22(2,3)4/h5-12,17,24H,13-14,23H2,1-4H3. The lowest BCUT2D eigenvalue weighted by atomic mass is 9.85. The highest BCUT2D eigenvalue weighted by atomic mass is 14.7. The van der Waals surface area contributed by atoms with Gasteiger partial charge >= 0.3 is 0 Å². The van der Waals surface area contributed by atoms with E-state index in [1.165, 1.54) is 33.3 Å². The molecule has 3 rings (SSSR count). The predicted octanol–water partition coefficient (Wildman–Crippen LogP) is 5.06. The molecule has 0 spiro atoms. The molecule has 0 saturated carbocycles. The van der Waals surface area contributed by atoms with Crippen LogP contribution in [-0.4, -0.2) is 11.5 Å². The molecule has 2 aromatic carbocycles. The molecule has 0 radical (unpaired) electrons. The Bertz CT molecular complexity index is 819. The molecule has 3 N–H and O–H groups in total. The van der Waals surface area contributed by atoms with Crippen LogP contribution in [0, 0.1) is 6.92 Å². The number of aromatic nitrogens is 1.